The average Bonchev–Trinajstić information content (AvgIpc) is 3.19. The van der Waals surface area contributed by atoms with E-state index in [0.29, 0.717) is 13.2 Å². The molecule has 1 aromatic rings. The van der Waals surface area contributed by atoms with Crippen LogP contribution in [0.3, 0.4) is 0 Å². The van der Waals surface area contributed by atoms with E-state index in [4.69, 9.17) is 9.47 Å². The normalized spacial score (nSPS) is 25.6. The number of benzene rings is 1. The van der Waals surface area contributed by atoms with Crippen molar-refractivity contribution in [3.05, 3.63) is 34.9 Å². The standard InChI is InChI=1S/C19H26N2O3/c1-13-3-2-4-16-15(13)5-6-17(16)21-18(22)20-14-7-9-19(10-8-14)23-11-12-24-19/h2-4,14,17H,5-12H2,1H3,(H2,20,21,22)/t17-/m1/s1. The summed E-state index contributed by atoms with van der Waals surface area (Å²) in [6.07, 6.45) is 5.59. The Kier molecular flexibility index (Phi) is 4.22. The fourth-order valence-electron chi connectivity index (χ4n) is 4.36. The summed E-state index contributed by atoms with van der Waals surface area (Å²) in [6.45, 7) is 3.53. The summed E-state index contributed by atoms with van der Waals surface area (Å²) in [4.78, 5) is 12.4. The molecule has 5 heteroatoms. The Bertz CT molecular complexity index is 615. The Morgan fingerprint density at radius 1 is 1.12 bits per heavy atom. The third-order valence-electron chi connectivity index (χ3n) is 5.71. The Balaban J connectivity index is 1.30. The molecule has 1 spiro atoms. The van der Waals surface area contributed by atoms with Gasteiger partial charge in [0.15, 0.2) is 5.79 Å². The number of rotatable bonds is 2. The molecule has 1 aromatic carbocycles. The van der Waals surface area contributed by atoms with Crippen LogP contribution in [0.4, 0.5) is 4.79 Å². The zero-order valence-corrected chi connectivity index (χ0v) is 14.3. The first-order valence-corrected chi connectivity index (χ1v) is 9.09. The van der Waals surface area contributed by atoms with Crippen LogP contribution in [-0.2, 0) is 15.9 Å². The van der Waals surface area contributed by atoms with E-state index in [9.17, 15) is 4.79 Å². The van der Waals surface area contributed by atoms with Crippen LogP contribution < -0.4 is 10.6 Å². The third kappa shape index (κ3) is 3.03. The lowest BCUT2D eigenvalue weighted by Gasteiger charge is -2.35. The molecule has 1 saturated carbocycles. The van der Waals surface area contributed by atoms with Crippen LogP contribution in [-0.4, -0.2) is 31.1 Å². The smallest absolute Gasteiger partial charge is 0.315 e. The molecule has 24 heavy (non-hydrogen) atoms. The highest BCUT2D eigenvalue weighted by atomic mass is 16.7. The molecule has 0 aromatic heterocycles. The summed E-state index contributed by atoms with van der Waals surface area (Å²) < 4.78 is 11.5. The fourth-order valence-corrected chi connectivity index (χ4v) is 4.36. The number of hydrogen-bond acceptors (Lipinski definition) is 3. The van der Waals surface area contributed by atoms with Gasteiger partial charge in [0, 0.05) is 18.9 Å². The van der Waals surface area contributed by atoms with Gasteiger partial charge in [0.05, 0.1) is 19.3 Å². The zero-order valence-electron chi connectivity index (χ0n) is 14.3. The minimum atomic E-state index is -0.365. The summed E-state index contributed by atoms with van der Waals surface area (Å²) in [6, 6.07) is 6.65. The topological polar surface area (TPSA) is 59.6 Å². The molecule has 0 radical (unpaired) electrons. The van der Waals surface area contributed by atoms with E-state index >= 15 is 0 Å². The van der Waals surface area contributed by atoms with E-state index in [1.165, 1.54) is 16.7 Å². The maximum atomic E-state index is 12.4. The van der Waals surface area contributed by atoms with Gasteiger partial charge in [-0.25, -0.2) is 4.79 Å². The minimum absolute atomic E-state index is 0.0523. The largest absolute Gasteiger partial charge is 0.348 e. The molecule has 2 fully saturated rings. The fraction of sp³-hybridized carbons (Fsp3) is 0.632. The summed E-state index contributed by atoms with van der Waals surface area (Å²) in [5.74, 6) is -0.365. The summed E-state index contributed by atoms with van der Waals surface area (Å²) in [5, 5.41) is 6.29. The van der Waals surface area contributed by atoms with Crippen molar-refractivity contribution in [1.82, 2.24) is 10.6 Å². The van der Waals surface area contributed by atoms with Gasteiger partial charge in [0.25, 0.3) is 0 Å². The van der Waals surface area contributed by atoms with Crippen LogP contribution in [0, 0.1) is 6.92 Å². The van der Waals surface area contributed by atoms with Crippen LogP contribution in [0.25, 0.3) is 0 Å². The van der Waals surface area contributed by atoms with E-state index in [-0.39, 0.29) is 23.9 Å². The summed E-state index contributed by atoms with van der Waals surface area (Å²) in [7, 11) is 0. The lowest BCUT2D eigenvalue weighted by molar-refractivity contribution is -0.179. The summed E-state index contributed by atoms with van der Waals surface area (Å²) in [5.41, 5.74) is 4.00. The number of ether oxygens (including phenoxy) is 2. The highest BCUT2D eigenvalue weighted by Crippen LogP contribution is 2.36. The van der Waals surface area contributed by atoms with E-state index in [0.717, 1.165) is 38.5 Å². The summed E-state index contributed by atoms with van der Waals surface area (Å²) >= 11 is 0. The number of fused-ring (bicyclic) bond motifs is 1. The van der Waals surface area contributed by atoms with Crippen molar-refractivity contribution < 1.29 is 14.3 Å². The lowest BCUT2D eigenvalue weighted by atomic mass is 9.90. The molecule has 1 saturated heterocycles. The predicted octanol–water partition coefficient (Wildman–Crippen LogP) is 2.97. The van der Waals surface area contributed by atoms with Crippen molar-refractivity contribution in [3.8, 4) is 0 Å². The predicted molar refractivity (Wildman–Crippen MR) is 90.8 cm³/mol. The van der Waals surface area contributed by atoms with Gasteiger partial charge in [-0.15, -0.1) is 0 Å². The molecule has 0 unspecified atom stereocenters. The molecule has 1 atom stereocenters. The van der Waals surface area contributed by atoms with Crippen molar-refractivity contribution >= 4 is 6.03 Å². The van der Waals surface area contributed by atoms with Gasteiger partial charge < -0.3 is 20.1 Å². The zero-order chi connectivity index (χ0) is 16.6. The van der Waals surface area contributed by atoms with E-state index < -0.39 is 0 Å². The van der Waals surface area contributed by atoms with Crippen molar-refractivity contribution in [2.45, 2.75) is 63.3 Å². The molecule has 4 rings (SSSR count). The van der Waals surface area contributed by atoms with Gasteiger partial charge in [0.2, 0.25) is 0 Å². The number of aryl methyl sites for hydroxylation is 1. The number of urea groups is 1. The van der Waals surface area contributed by atoms with Gasteiger partial charge in [0.1, 0.15) is 0 Å². The van der Waals surface area contributed by atoms with E-state index in [1.54, 1.807) is 0 Å². The van der Waals surface area contributed by atoms with Crippen LogP contribution in [0.15, 0.2) is 18.2 Å². The molecule has 1 aliphatic heterocycles. The molecule has 2 aliphatic carbocycles. The highest BCUT2D eigenvalue weighted by molar-refractivity contribution is 5.75. The van der Waals surface area contributed by atoms with Gasteiger partial charge in [-0.3, -0.25) is 0 Å². The first kappa shape index (κ1) is 15.9. The molecular weight excluding hydrogens is 304 g/mol. The van der Waals surface area contributed by atoms with Crippen LogP contribution in [0.5, 0.6) is 0 Å². The maximum absolute atomic E-state index is 12.4. The molecule has 2 N–H and O–H groups in total. The van der Waals surface area contributed by atoms with Gasteiger partial charge in [-0.2, -0.15) is 0 Å². The van der Waals surface area contributed by atoms with Crippen molar-refractivity contribution in [3.63, 3.8) is 0 Å². The first-order chi connectivity index (χ1) is 11.7. The van der Waals surface area contributed by atoms with Gasteiger partial charge in [-0.05, 0) is 49.3 Å². The molecule has 2 amide bonds. The van der Waals surface area contributed by atoms with Crippen molar-refractivity contribution in [2.75, 3.05) is 13.2 Å². The van der Waals surface area contributed by atoms with Crippen molar-refractivity contribution in [2.24, 2.45) is 0 Å². The SMILES string of the molecule is Cc1cccc2c1CC[C@H]2NC(=O)NC1CCC2(CC1)OCCO2. The second-order valence-corrected chi connectivity index (χ2v) is 7.23. The third-order valence-corrected chi connectivity index (χ3v) is 5.71. The lowest BCUT2D eigenvalue weighted by Crippen LogP contribution is -2.47. The first-order valence-electron chi connectivity index (χ1n) is 9.09. The Hall–Kier alpha value is -1.59. The van der Waals surface area contributed by atoms with Crippen LogP contribution >= 0.6 is 0 Å². The molecule has 130 valence electrons. The molecule has 0 bridgehead atoms. The second kappa shape index (κ2) is 6.37. The Morgan fingerprint density at radius 3 is 2.62 bits per heavy atom. The van der Waals surface area contributed by atoms with E-state index in [2.05, 4.69) is 35.8 Å². The Labute approximate surface area is 143 Å². The second-order valence-electron chi connectivity index (χ2n) is 7.23. The Morgan fingerprint density at radius 2 is 1.88 bits per heavy atom. The van der Waals surface area contributed by atoms with E-state index in [1.807, 2.05) is 0 Å². The van der Waals surface area contributed by atoms with Gasteiger partial charge >= 0.3 is 6.03 Å². The van der Waals surface area contributed by atoms with Crippen LogP contribution in [0.1, 0.15) is 54.8 Å². The van der Waals surface area contributed by atoms with Crippen LogP contribution in [0.2, 0.25) is 0 Å². The van der Waals surface area contributed by atoms with Crippen molar-refractivity contribution in [1.29, 1.82) is 0 Å². The molecule has 1 heterocycles. The van der Waals surface area contributed by atoms with Gasteiger partial charge in [-0.1, -0.05) is 18.2 Å². The molecular formula is C19H26N2O3. The number of hydrogen-bond donors (Lipinski definition) is 2. The number of nitrogens with one attached hydrogen (secondary N) is 2. The number of carbonyl (C=O) groups excluding carboxylic acids is 1. The molecule has 5 nitrogen and oxygen atoms in total. The highest BCUT2D eigenvalue weighted by Gasteiger charge is 2.40. The molecule has 3 aliphatic rings. The minimum Gasteiger partial charge on any atom is -0.348 e. The maximum Gasteiger partial charge on any atom is 0.315 e. The average molecular weight is 330 g/mol. The monoisotopic (exact) mass is 330 g/mol. The number of amides is 2. The quantitative estimate of drug-likeness (QED) is 0.876. The number of carbonyl (C=O) groups is 1.